The molecule has 8 heteroatoms. The van der Waals surface area contributed by atoms with Crippen molar-refractivity contribution in [1.82, 2.24) is 15.1 Å². The van der Waals surface area contributed by atoms with E-state index < -0.39 is 0 Å². The van der Waals surface area contributed by atoms with Crippen molar-refractivity contribution in [3.8, 4) is 11.5 Å². The number of aryl methyl sites for hydroxylation is 2. The minimum Gasteiger partial charge on any atom is -0.467 e. The molecule has 2 N–H and O–H groups in total. The van der Waals surface area contributed by atoms with Crippen molar-refractivity contribution < 1.29 is 13.9 Å². The summed E-state index contributed by atoms with van der Waals surface area (Å²) in [7, 11) is 1.56. The van der Waals surface area contributed by atoms with E-state index in [2.05, 4.69) is 15.7 Å². The van der Waals surface area contributed by atoms with Crippen LogP contribution in [0, 0.1) is 13.8 Å². The molecular weight excluding hydrogens is 420 g/mol. The van der Waals surface area contributed by atoms with E-state index in [1.54, 1.807) is 49.7 Å². The highest BCUT2D eigenvalue weighted by atomic mass is 16.5. The van der Waals surface area contributed by atoms with E-state index in [1.165, 1.54) is 10.9 Å². The standard InChI is InChI=1S/C25H24N4O4/c1-16-7-4-11-21(17(16)2)33-22-15-27-29(3)25(31)23(22)28-19-9-5-8-18(13-19)24(30)26-14-20-10-6-12-32-20/h4-13,15,28H,14H2,1-3H3,(H,26,30). The van der Waals surface area contributed by atoms with Crippen LogP contribution in [0.1, 0.15) is 27.2 Å². The molecule has 2 aromatic carbocycles. The van der Waals surface area contributed by atoms with E-state index in [0.717, 1.165) is 11.1 Å². The van der Waals surface area contributed by atoms with E-state index in [4.69, 9.17) is 9.15 Å². The maximum Gasteiger partial charge on any atom is 0.294 e. The van der Waals surface area contributed by atoms with E-state index in [9.17, 15) is 9.59 Å². The molecule has 4 aromatic rings. The Morgan fingerprint density at radius 3 is 2.70 bits per heavy atom. The zero-order valence-corrected chi connectivity index (χ0v) is 18.6. The molecule has 0 aliphatic heterocycles. The minimum absolute atomic E-state index is 0.224. The second-order valence-corrected chi connectivity index (χ2v) is 7.58. The molecule has 1 amide bonds. The van der Waals surface area contributed by atoms with Gasteiger partial charge in [-0.15, -0.1) is 0 Å². The first-order chi connectivity index (χ1) is 15.9. The van der Waals surface area contributed by atoms with Gasteiger partial charge in [0.1, 0.15) is 11.5 Å². The van der Waals surface area contributed by atoms with Crippen LogP contribution >= 0.6 is 0 Å². The lowest BCUT2D eigenvalue weighted by atomic mass is 10.1. The monoisotopic (exact) mass is 444 g/mol. The first-order valence-corrected chi connectivity index (χ1v) is 10.4. The van der Waals surface area contributed by atoms with E-state index in [1.807, 2.05) is 32.0 Å². The van der Waals surface area contributed by atoms with Crippen LogP contribution in [-0.4, -0.2) is 15.7 Å². The number of aromatic nitrogens is 2. The van der Waals surface area contributed by atoms with E-state index >= 15 is 0 Å². The number of furan rings is 1. The maximum absolute atomic E-state index is 12.9. The van der Waals surface area contributed by atoms with Crippen molar-refractivity contribution >= 4 is 17.3 Å². The summed E-state index contributed by atoms with van der Waals surface area (Å²) >= 11 is 0. The molecule has 0 saturated heterocycles. The normalized spacial score (nSPS) is 10.6. The lowest BCUT2D eigenvalue weighted by Gasteiger charge is -2.15. The number of carbonyl (C=O) groups is 1. The zero-order chi connectivity index (χ0) is 23.4. The van der Waals surface area contributed by atoms with Gasteiger partial charge in [-0.3, -0.25) is 9.59 Å². The van der Waals surface area contributed by atoms with E-state index in [0.29, 0.717) is 28.5 Å². The number of benzene rings is 2. The average molecular weight is 444 g/mol. The number of hydrogen-bond acceptors (Lipinski definition) is 6. The lowest BCUT2D eigenvalue weighted by Crippen LogP contribution is -2.23. The Balaban J connectivity index is 1.59. The summed E-state index contributed by atoms with van der Waals surface area (Å²) in [5.41, 5.74) is 2.92. The molecule has 33 heavy (non-hydrogen) atoms. The molecule has 0 aliphatic carbocycles. The van der Waals surface area contributed by atoms with Crippen LogP contribution in [0.2, 0.25) is 0 Å². The number of nitrogens with one attached hydrogen (secondary N) is 2. The minimum atomic E-state index is -0.356. The topological polar surface area (TPSA) is 98.4 Å². The fraction of sp³-hybridized carbons (Fsp3) is 0.160. The summed E-state index contributed by atoms with van der Waals surface area (Å²) in [5, 5.41) is 10.0. The number of ether oxygens (including phenoxy) is 1. The van der Waals surface area contributed by atoms with Crippen molar-refractivity contribution in [2.24, 2.45) is 7.05 Å². The predicted octanol–water partition coefficient (Wildman–Crippen LogP) is 4.46. The van der Waals surface area contributed by atoms with Gasteiger partial charge in [-0.25, -0.2) is 4.68 Å². The lowest BCUT2D eigenvalue weighted by molar-refractivity contribution is 0.0948. The number of rotatable bonds is 7. The Bertz CT molecular complexity index is 1340. The van der Waals surface area contributed by atoms with Crippen LogP contribution < -0.4 is 20.9 Å². The first kappa shape index (κ1) is 21.9. The second kappa shape index (κ2) is 9.44. The molecule has 0 saturated carbocycles. The molecule has 0 unspecified atom stereocenters. The molecule has 168 valence electrons. The Kier molecular flexibility index (Phi) is 6.26. The van der Waals surface area contributed by atoms with Gasteiger partial charge in [0.25, 0.3) is 11.5 Å². The van der Waals surface area contributed by atoms with Gasteiger partial charge in [0.15, 0.2) is 11.4 Å². The van der Waals surface area contributed by atoms with Crippen molar-refractivity contribution in [2.75, 3.05) is 5.32 Å². The number of nitrogens with zero attached hydrogens (tertiary/aromatic N) is 2. The predicted molar refractivity (Wildman–Crippen MR) is 125 cm³/mol. The van der Waals surface area contributed by atoms with Gasteiger partial charge in [0.05, 0.1) is 19.0 Å². The highest BCUT2D eigenvalue weighted by Crippen LogP contribution is 2.31. The van der Waals surface area contributed by atoms with Crippen molar-refractivity contribution in [1.29, 1.82) is 0 Å². The second-order valence-electron chi connectivity index (χ2n) is 7.58. The Hall–Kier alpha value is -4.33. The highest BCUT2D eigenvalue weighted by molar-refractivity contribution is 5.95. The molecule has 2 aromatic heterocycles. The SMILES string of the molecule is Cc1cccc(Oc2cnn(C)c(=O)c2Nc2cccc(C(=O)NCc3ccco3)c2)c1C. The summed E-state index contributed by atoms with van der Waals surface area (Å²) in [6, 6.07) is 16.1. The summed E-state index contributed by atoms with van der Waals surface area (Å²) in [4.78, 5) is 25.4. The zero-order valence-electron chi connectivity index (χ0n) is 18.6. The number of anilines is 2. The van der Waals surface area contributed by atoms with Gasteiger partial charge in [-0.2, -0.15) is 5.10 Å². The summed E-state index contributed by atoms with van der Waals surface area (Å²) in [6.07, 6.45) is 3.05. The first-order valence-electron chi connectivity index (χ1n) is 10.4. The van der Waals surface area contributed by atoms with Crippen LogP contribution in [-0.2, 0) is 13.6 Å². The van der Waals surface area contributed by atoms with Gasteiger partial charge < -0.3 is 19.8 Å². The van der Waals surface area contributed by atoms with Crippen molar-refractivity contribution in [3.63, 3.8) is 0 Å². The fourth-order valence-electron chi connectivity index (χ4n) is 3.23. The molecule has 0 fully saturated rings. The molecule has 0 radical (unpaired) electrons. The Labute approximate surface area is 190 Å². The van der Waals surface area contributed by atoms with E-state index in [-0.39, 0.29) is 23.7 Å². The maximum atomic E-state index is 12.9. The molecular formula is C25H24N4O4. The molecule has 0 spiro atoms. The van der Waals surface area contributed by atoms with Crippen molar-refractivity contribution in [3.05, 3.63) is 99.9 Å². The fourth-order valence-corrected chi connectivity index (χ4v) is 3.23. The number of amides is 1. The highest BCUT2D eigenvalue weighted by Gasteiger charge is 2.15. The molecule has 0 atom stereocenters. The van der Waals surface area contributed by atoms with Gasteiger partial charge in [0, 0.05) is 18.3 Å². The molecule has 2 heterocycles. The third-order valence-corrected chi connectivity index (χ3v) is 5.27. The Morgan fingerprint density at radius 1 is 1.09 bits per heavy atom. The van der Waals surface area contributed by atoms with Gasteiger partial charge >= 0.3 is 0 Å². The van der Waals surface area contributed by atoms with Crippen molar-refractivity contribution in [2.45, 2.75) is 20.4 Å². The van der Waals surface area contributed by atoms with Gasteiger partial charge in [-0.1, -0.05) is 18.2 Å². The third kappa shape index (κ3) is 4.95. The molecule has 8 nitrogen and oxygen atoms in total. The number of hydrogen-bond donors (Lipinski definition) is 2. The quantitative estimate of drug-likeness (QED) is 0.437. The molecule has 0 bridgehead atoms. The largest absolute Gasteiger partial charge is 0.467 e. The summed E-state index contributed by atoms with van der Waals surface area (Å²) in [6.45, 7) is 4.23. The van der Waals surface area contributed by atoms with Gasteiger partial charge in [-0.05, 0) is 61.4 Å². The van der Waals surface area contributed by atoms with Gasteiger partial charge in [0.2, 0.25) is 0 Å². The smallest absolute Gasteiger partial charge is 0.294 e. The van der Waals surface area contributed by atoms with Crippen LogP contribution in [0.3, 0.4) is 0 Å². The van der Waals surface area contributed by atoms with Crippen LogP contribution in [0.4, 0.5) is 11.4 Å². The Morgan fingerprint density at radius 2 is 1.91 bits per heavy atom. The third-order valence-electron chi connectivity index (χ3n) is 5.27. The molecule has 4 rings (SSSR count). The average Bonchev–Trinajstić information content (AvgIpc) is 3.34. The van der Waals surface area contributed by atoms with Crippen LogP contribution in [0.25, 0.3) is 0 Å². The van der Waals surface area contributed by atoms with Crippen LogP contribution in [0.5, 0.6) is 11.5 Å². The van der Waals surface area contributed by atoms with Crippen LogP contribution in [0.15, 0.2) is 76.3 Å². The molecule has 0 aliphatic rings. The summed E-state index contributed by atoms with van der Waals surface area (Å²) in [5.74, 6) is 1.33. The number of carbonyl (C=O) groups excluding carboxylic acids is 1. The summed E-state index contributed by atoms with van der Waals surface area (Å²) < 4.78 is 12.5.